The molecule has 9 nitrogen and oxygen atoms in total. The van der Waals surface area contributed by atoms with Crippen molar-refractivity contribution in [2.75, 3.05) is 17.2 Å². The highest BCUT2D eigenvalue weighted by Gasteiger charge is 2.40. The topological polar surface area (TPSA) is 101 Å². The van der Waals surface area contributed by atoms with E-state index in [1.165, 1.54) is 44.3 Å². The second-order valence-corrected chi connectivity index (χ2v) is 11.1. The minimum Gasteiger partial charge on any atom is -0.378 e. The summed E-state index contributed by atoms with van der Waals surface area (Å²) < 4.78 is 47.4. The van der Waals surface area contributed by atoms with Crippen LogP contribution in [0, 0.1) is 27.0 Å². The SMILES string of the molecule is C.[C-]#[N+]c1ccc(NC(=O)[C@@](C)(O)CO[C@@](C)(Cn2ccc3cc(C(F)(F)F)ccc32)C(=O)Nc2ccc([N+]#[C-])c(C)c2)cc1C. The van der Waals surface area contributed by atoms with Gasteiger partial charge in [-0.1, -0.05) is 19.6 Å². The maximum atomic E-state index is 13.8. The Morgan fingerprint density at radius 3 is 1.91 bits per heavy atom. The first kappa shape index (κ1) is 35.3. The van der Waals surface area contributed by atoms with E-state index in [9.17, 15) is 27.9 Å². The van der Waals surface area contributed by atoms with Crippen LogP contribution in [-0.2, 0) is 27.0 Å². The lowest BCUT2D eigenvalue weighted by Crippen LogP contribution is -2.52. The predicted octanol–water partition coefficient (Wildman–Crippen LogP) is 7.82. The standard InChI is InChI=1S/C33H30F3N5O4.CH4/c1-20-15-24(8-10-26(20)37-5)39-29(42)31(3,44)19-45-32(4,30(43)40-25-9-11-27(38-6)21(2)16-25)18-41-14-13-22-17-23(33(34,35)36)7-12-28(22)41;/h7-17,44H,18-19H2,1-4H3,(H,39,42)(H,40,43);1H4/t31-,32-;/m0./s1. The van der Waals surface area contributed by atoms with Gasteiger partial charge in [0, 0.05) is 28.5 Å². The molecule has 3 aromatic carbocycles. The third-order valence-corrected chi connectivity index (χ3v) is 7.36. The van der Waals surface area contributed by atoms with Gasteiger partial charge in [0.15, 0.2) is 22.6 Å². The van der Waals surface area contributed by atoms with Crippen LogP contribution in [0.25, 0.3) is 20.6 Å². The molecule has 0 fully saturated rings. The fraction of sp³-hybridized carbons (Fsp3) is 0.294. The number of aromatic nitrogens is 1. The zero-order valence-corrected chi connectivity index (χ0v) is 24.9. The monoisotopic (exact) mass is 633 g/mol. The number of ether oxygens (including phenoxy) is 1. The van der Waals surface area contributed by atoms with Crippen LogP contribution in [0.1, 0.15) is 38.0 Å². The van der Waals surface area contributed by atoms with Gasteiger partial charge in [0.05, 0.1) is 31.9 Å². The van der Waals surface area contributed by atoms with E-state index in [1.54, 1.807) is 42.7 Å². The molecule has 4 aromatic rings. The first-order valence-corrected chi connectivity index (χ1v) is 13.7. The lowest BCUT2D eigenvalue weighted by atomic mass is 10.0. The number of aliphatic hydroxyl groups is 1. The number of rotatable bonds is 9. The number of hydrogen-bond acceptors (Lipinski definition) is 4. The Morgan fingerprint density at radius 2 is 1.41 bits per heavy atom. The molecule has 0 aliphatic carbocycles. The van der Waals surface area contributed by atoms with Crippen LogP contribution in [0.4, 0.5) is 35.9 Å². The number of amides is 2. The Balaban J connectivity index is 0.00000576. The molecule has 46 heavy (non-hydrogen) atoms. The number of nitrogens with zero attached hydrogens (tertiary/aromatic N) is 3. The van der Waals surface area contributed by atoms with Crippen molar-refractivity contribution in [3.8, 4) is 0 Å². The van der Waals surface area contributed by atoms with Crippen LogP contribution in [0.3, 0.4) is 0 Å². The highest BCUT2D eigenvalue weighted by molar-refractivity contribution is 5.98. The number of nitrogens with one attached hydrogen (secondary N) is 2. The summed E-state index contributed by atoms with van der Waals surface area (Å²) in [5, 5.41) is 16.7. The van der Waals surface area contributed by atoms with Gasteiger partial charge in [-0.2, -0.15) is 13.2 Å². The molecule has 2 atom stereocenters. The van der Waals surface area contributed by atoms with Crippen molar-refractivity contribution in [3.05, 3.63) is 106 Å². The summed E-state index contributed by atoms with van der Waals surface area (Å²) in [6.45, 7) is 19.7. The molecule has 240 valence electrons. The van der Waals surface area contributed by atoms with E-state index in [0.717, 1.165) is 12.1 Å². The molecule has 0 radical (unpaired) electrons. The molecule has 12 heteroatoms. The third-order valence-electron chi connectivity index (χ3n) is 7.36. The maximum Gasteiger partial charge on any atom is 0.416 e. The lowest BCUT2D eigenvalue weighted by Gasteiger charge is -2.33. The van der Waals surface area contributed by atoms with Crippen LogP contribution in [-0.4, -0.2) is 39.3 Å². The predicted molar refractivity (Wildman–Crippen MR) is 171 cm³/mol. The van der Waals surface area contributed by atoms with Crippen LogP contribution < -0.4 is 10.6 Å². The highest BCUT2D eigenvalue weighted by Crippen LogP contribution is 2.33. The van der Waals surface area contributed by atoms with Gasteiger partial charge in [0.25, 0.3) is 11.8 Å². The number of fused-ring (bicyclic) bond motifs is 1. The van der Waals surface area contributed by atoms with Gasteiger partial charge in [0.2, 0.25) is 0 Å². The average molecular weight is 634 g/mol. The fourth-order valence-electron chi connectivity index (χ4n) is 4.63. The van der Waals surface area contributed by atoms with Crippen molar-refractivity contribution in [1.82, 2.24) is 4.57 Å². The summed E-state index contributed by atoms with van der Waals surface area (Å²) in [6.07, 6.45) is -3.01. The number of benzene rings is 3. The van der Waals surface area contributed by atoms with Gasteiger partial charge in [-0.15, -0.1) is 0 Å². The molecule has 3 N–H and O–H groups in total. The summed E-state index contributed by atoms with van der Waals surface area (Å²) in [6, 6.07) is 14.1. The van der Waals surface area contributed by atoms with E-state index in [1.807, 2.05) is 0 Å². The number of aryl methyl sites for hydroxylation is 2. The van der Waals surface area contributed by atoms with Crippen LogP contribution in [0.15, 0.2) is 66.9 Å². The summed E-state index contributed by atoms with van der Waals surface area (Å²) in [4.78, 5) is 33.6. The smallest absolute Gasteiger partial charge is 0.378 e. The Morgan fingerprint density at radius 1 is 0.870 bits per heavy atom. The van der Waals surface area contributed by atoms with Gasteiger partial charge >= 0.3 is 6.18 Å². The van der Waals surface area contributed by atoms with Crippen molar-refractivity contribution in [2.45, 2.75) is 59.0 Å². The minimum atomic E-state index is -4.53. The zero-order valence-electron chi connectivity index (χ0n) is 24.9. The van der Waals surface area contributed by atoms with Crippen molar-refractivity contribution < 1.29 is 32.6 Å². The molecule has 0 saturated heterocycles. The average Bonchev–Trinajstić information content (AvgIpc) is 3.37. The molecule has 0 saturated carbocycles. The fourth-order valence-corrected chi connectivity index (χ4v) is 4.63. The molecular formula is C34H34F3N5O4. The molecule has 1 aromatic heterocycles. The van der Waals surface area contributed by atoms with Crippen molar-refractivity contribution >= 4 is 45.5 Å². The Labute approximate surface area is 265 Å². The summed E-state index contributed by atoms with van der Waals surface area (Å²) >= 11 is 0. The number of carbonyl (C=O) groups is 2. The molecule has 1 heterocycles. The molecule has 0 spiro atoms. The largest absolute Gasteiger partial charge is 0.416 e. The molecule has 2 amide bonds. The number of anilines is 2. The van der Waals surface area contributed by atoms with E-state index in [0.29, 0.717) is 44.8 Å². The number of carbonyl (C=O) groups excluding carboxylic acids is 2. The molecule has 0 aliphatic heterocycles. The van der Waals surface area contributed by atoms with Gasteiger partial charge in [-0.05, 0) is 87.4 Å². The van der Waals surface area contributed by atoms with Crippen molar-refractivity contribution in [3.63, 3.8) is 0 Å². The number of hydrogen-bond donors (Lipinski definition) is 3. The first-order valence-electron chi connectivity index (χ1n) is 13.7. The van der Waals surface area contributed by atoms with Gasteiger partial charge in [0.1, 0.15) is 0 Å². The number of halogens is 3. The van der Waals surface area contributed by atoms with Crippen molar-refractivity contribution in [1.29, 1.82) is 0 Å². The second kappa shape index (κ2) is 13.4. The maximum absolute atomic E-state index is 13.8. The zero-order chi connectivity index (χ0) is 33.2. The minimum absolute atomic E-state index is 0. The van der Waals surface area contributed by atoms with E-state index in [2.05, 4.69) is 20.3 Å². The van der Waals surface area contributed by atoms with Gasteiger partial charge in [-0.3, -0.25) is 9.59 Å². The summed E-state index contributed by atoms with van der Waals surface area (Å²) in [5.41, 5.74) is -1.49. The second-order valence-electron chi connectivity index (χ2n) is 11.1. The first-order chi connectivity index (χ1) is 21.1. The van der Waals surface area contributed by atoms with E-state index in [-0.39, 0.29) is 14.0 Å². The molecule has 0 aliphatic rings. The van der Waals surface area contributed by atoms with Crippen LogP contribution >= 0.6 is 0 Å². The summed E-state index contributed by atoms with van der Waals surface area (Å²) in [7, 11) is 0. The van der Waals surface area contributed by atoms with Crippen molar-refractivity contribution in [2.24, 2.45) is 0 Å². The quantitative estimate of drug-likeness (QED) is 0.164. The highest BCUT2D eigenvalue weighted by atomic mass is 19.4. The van der Waals surface area contributed by atoms with Gasteiger partial charge < -0.3 is 25.0 Å². The van der Waals surface area contributed by atoms with Crippen LogP contribution in [0.2, 0.25) is 0 Å². The Hall–Kier alpha value is -5.17. The van der Waals surface area contributed by atoms with E-state index >= 15 is 0 Å². The Kier molecular flexibility index (Phi) is 10.3. The van der Waals surface area contributed by atoms with E-state index in [4.69, 9.17) is 17.9 Å². The Bertz CT molecular complexity index is 1870. The number of alkyl halides is 3. The summed E-state index contributed by atoms with van der Waals surface area (Å²) in [5.74, 6) is -1.48. The van der Waals surface area contributed by atoms with E-state index < -0.39 is 41.4 Å². The molecule has 4 rings (SSSR count). The molecule has 0 unspecified atom stereocenters. The molecule has 0 bridgehead atoms. The third kappa shape index (κ3) is 7.72. The normalized spacial score (nSPS) is 13.8. The van der Waals surface area contributed by atoms with Crippen LogP contribution in [0.5, 0.6) is 0 Å². The molecular weight excluding hydrogens is 599 g/mol. The van der Waals surface area contributed by atoms with Gasteiger partial charge in [-0.25, -0.2) is 9.69 Å². The lowest BCUT2D eigenvalue weighted by molar-refractivity contribution is -0.159.